The highest BCUT2D eigenvalue weighted by molar-refractivity contribution is 5.98. The van der Waals surface area contributed by atoms with E-state index < -0.39 is 0 Å². The molecule has 144 valence electrons. The minimum absolute atomic E-state index is 0.105. The minimum Gasteiger partial charge on any atom is -0.494 e. The highest BCUT2D eigenvalue weighted by atomic mass is 16.5. The number of hydrogen-bond acceptors (Lipinski definition) is 4. The van der Waals surface area contributed by atoms with E-state index in [0.29, 0.717) is 44.0 Å². The van der Waals surface area contributed by atoms with E-state index in [2.05, 4.69) is 5.32 Å². The number of nitrogens with zero attached hydrogens (tertiary/aromatic N) is 1. The molecule has 6 heteroatoms. The number of amides is 1. The third-order valence-corrected chi connectivity index (χ3v) is 4.67. The van der Waals surface area contributed by atoms with Crippen LogP contribution >= 0.6 is 0 Å². The summed E-state index contributed by atoms with van der Waals surface area (Å²) in [6.07, 6.45) is 2.61. The number of carbonyl (C=O) groups is 1. The van der Waals surface area contributed by atoms with Crippen LogP contribution in [0.5, 0.6) is 11.5 Å². The Morgan fingerprint density at radius 2 is 1.85 bits per heavy atom. The first-order valence-electron chi connectivity index (χ1n) is 9.54. The minimum atomic E-state index is -0.226. The van der Waals surface area contributed by atoms with Gasteiger partial charge in [-0.2, -0.15) is 0 Å². The molecule has 1 N–H and O–H groups in total. The van der Waals surface area contributed by atoms with Gasteiger partial charge in [0.2, 0.25) is 0 Å². The summed E-state index contributed by atoms with van der Waals surface area (Å²) in [5, 5.41) is 2.97. The van der Waals surface area contributed by atoms with Gasteiger partial charge in [0, 0.05) is 30.4 Å². The zero-order valence-electron chi connectivity index (χ0n) is 15.9. The van der Waals surface area contributed by atoms with Gasteiger partial charge in [0.15, 0.2) is 0 Å². The molecule has 0 radical (unpaired) electrons. The first kappa shape index (κ1) is 19.0. The van der Waals surface area contributed by atoms with Crippen molar-refractivity contribution in [3.63, 3.8) is 0 Å². The van der Waals surface area contributed by atoms with Gasteiger partial charge in [-0.25, -0.2) is 0 Å². The second-order valence-electron chi connectivity index (χ2n) is 6.43. The number of pyridine rings is 1. The topological polar surface area (TPSA) is 69.6 Å². The van der Waals surface area contributed by atoms with Crippen molar-refractivity contribution in [1.82, 2.24) is 9.88 Å². The van der Waals surface area contributed by atoms with Gasteiger partial charge in [-0.15, -0.1) is 0 Å². The number of hydrogen-bond donors (Lipinski definition) is 1. The quantitative estimate of drug-likeness (QED) is 0.814. The molecule has 0 saturated carbocycles. The fraction of sp³-hybridized carbons (Fsp3) is 0.429. The lowest BCUT2D eigenvalue weighted by atomic mass is 10.0. The molecule has 2 heterocycles. The average molecular weight is 370 g/mol. The zero-order valence-corrected chi connectivity index (χ0v) is 15.9. The fourth-order valence-corrected chi connectivity index (χ4v) is 3.46. The Morgan fingerprint density at radius 1 is 1.11 bits per heavy atom. The summed E-state index contributed by atoms with van der Waals surface area (Å²) in [7, 11) is 0. The number of para-hydroxylation sites is 1. The molecule has 1 amide bonds. The first-order chi connectivity index (χ1) is 13.2. The van der Waals surface area contributed by atoms with Crippen molar-refractivity contribution in [3.8, 4) is 11.5 Å². The predicted molar refractivity (Wildman–Crippen MR) is 104 cm³/mol. The van der Waals surface area contributed by atoms with Crippen molar-refractivity contribution in [2.45, 2.75) is 46.2 Å². The number of aromatic nitrogens is 1. The highest BCUT2D eigenvalue weighted by Gasteiger charge is 2.24. The zero-order chi connectivity index (χ0) is 19.2. The Balaban J connectivity index is 1.89. The van der Waals surface area contributed by atoms with E-state index in [4.69, 9.17) is 9.47 Å². The second-order valence-corrected chi connectivity index (χ2v) is 6.43. The van der Waals surface area contributed by atoms with Gasteiger partial charge in [-0.3, -0.25) is 9.59 Å². The van der Waals surface area contributed by atoms with E-state index in [0.717, 1.165) is 29.8 Å². The van der Waals surface area contributed by atoms with Crippen LogP contribution in [0.4, 0.5) is 0 Å². The predicted octanol–water partition coefficient (Wildman–Crippen LogP) is 2.91. The summed E-state index contributed by atoms with van der Waals surface area (Å²) in [5.74, 6) is 0.901. The molecule has 0 saturated heterocycles. The maximum atomic E-state index is 13.0. The maximum Gasteiger partial charge on any atom is 0.257 e. The highest BCUT2D eigenvalue weighted by Crippen LogP contribution is 2.26. The van der Waals surface area contributed by atoms with Crippen LogP contribution in [0, 0.1) is 0 Å². The van der Waals surface area contributed by atoms with Crippen LogP contribution in [-0.2, 0) is 19.5 Å². The van der Waals surface area contributed by atoms with Crippen molar-refractivity contribution < 1.29 is 14.3 Å². The molecule has 1 aliphatic rings. The summed E-state index contributed by atoms with van der Waals surface area (Å²) < 4.78 is 12.9. The molecule has 27 heavy (non-hydrogen) atoms. The molecular weight excluding hydrogens is 344 g/mol. The monoisotopic (exact) mass is 370 g/mol. The van der Waals surface area contributed by atoms with E-state index in [-0.39, 0.29) is 11.5 Å². The second kappa shape index (κ2) is 8.75. The van der Waals surface area contributed by atoms with Crippen molar-refractivity contribution in [2.24, 2.45) is 0 Å². The summed E-state index contributed by atoms with van der Waals surface area (Å²) in [6.45, 7) is 5.73. The Kier molecular flexibility index (Phi) is 6.16. The number of ether oxygens (including phenoxy) is 2. The van der Waals surface area contributed by atoms with Gasteiger partial charge in [-0.1, -0.05) is 18.2 Å². The van der Waals surface area contributed by atoms with Crippen molar-refractivity contribution >= 4 is 5.91 Å². The average Bonchev–Trinajstić information content (AvgIpc) is 2.68. The van der Waals surface area contributed by atoms with Gasteiger partial charge in [0.05, 0.1) is 13.2 Å². The van der Waals surface area contributed by atoms with Crippen LogP contribution in [0.1, 0.15) is 48.3 Å². The molecule has 0 fully saturated rings. The molecule has 6 nitrogen and oxygen atoms in total. The summed E-state index contributed by atoms with van der Waals surface area (Å²) in [6, 6.07) is 9.07. The normalized spacial score (nSPS) is 13.0. The Hall–Kier alpha value is -2.76. The molecule has 0 bridgehead atoms. The smallest absolute Gasteiger partial charge is 0.257 e. The lowest BCUT2D eigenvalue weighted by Crippen LogP contribution is -2.33. The molecule has 0 spiro atoms. The number of nitrogens with one attached hydrogen (secondary N) is 1. The third kappa shape index (κ3) is 4.15. The molecule has 1 aliphatic heterocycles. The van der Waals surface area contributed by atoms with Crippen LogP contribution in [0.15, 0.2) is 35.1 Å². The first-order valence-corrected chi connectivity index (χ1v) is 9.54. The molecule has 3 rings (SSSR count). The van der Waals surface area contributed by atoms with Gasteiger partial charge in [0.1, 0.15) is 17.1 Å². The van der Waals surface area contributed by atoms with Gasteiger partial charge in [0.25, 0.3) is 11.5 Å². The van der Waals surface area contributed by atoms with Gasteiger partial charge < -0.3 is 19.4 Å². The Morgan fingerprint density at radius 3 is 2.63 bits per heavy atom. The number of benzene rings is 1. The van der Waals surface area contributed by atoms with Crippen molar-refractivity contribution in [2.75, 3.05) is 13.2 Å². The molecule has 1 aromatic carbocycles. The third-order valence-electron chi connectivity index (χ3n) is 4.67. The van der Waals surface area contributed by atoms with E-state index in [1.807, 2.05) is 38.1 Å². The fourth-order valence-electron chi connectivity index (χ4n) is 3.46. The Labute approximate surface area is 159 Å². The van der Waals surface area contributed by atoms with Crippen molar-refractivity contribution in [3.05, 3.63) is 57.5 Å². The summed E-state index contributed by atoms with van der Waals surface area (Å²) in [5.41, 5.74) is 2.05. The van der Waals surface area contributed by atoms with E-state index in [1.54, 1.807) is 4.57 Å². The molecular formula is C21H26N2O4. The lowest BCUT2D eigenvalue weighted by molar-refractivity contribution is 0.0944. The van der Waals surface area contributed by atoms with E-state index in [9.17, 15) is 9.59 Å². The van der Waals surface area contributed by atoms with Crippen molar-refractivity contribution in [1.29, 1.82) is 0 Å². The van der Waals surface area contributed by atoms with E-state index in [1.165, 1.54) is 6.07 Å². The van der Waals surface area contributed by atoms with Gasteiger partial charge in [-0.05, 0) is 39.2 Å². The van der Waals surface area contributed by atoms with Gasteiger partial charge >= 0.3 is 0 Å². The van der Waals surface area contributed by atoms with Crippen LogP contribution in [0.25, 0.3) is 0 Å². The SMILES string of the molecule is CCOc1ccccc1CNC(=O)c1c(OCC)cc(=O)n2c1CCCC2. The van der Waals surface area contributed by atoms with Crippen LogP contribution in [0.2, 0.25) is 0 Å². The standard InChI is InChI=1S/C21H26N2O4/c1-3-26-17-11-6-5-9-15(17)14-22-21(25)20-16-10-7-8-12-23(16)19(24)13-18(20)27-4-2/h5-6,9,11,13H,3-4,7-8,10,12,14H2,1-2H3,(H,22,25). The molecule has 0 aliphatic carbocycles. The number of rotatable bonds is 7. The molecule has 0 atom stereocenters. The summed E-state index contributed by atoms with van der Waals surface area (Å²) >= 11 is 0. The molecule has 2 aromatic rings. The molecule has 0 unspecified atom stereocenters. The van der Waals surface area contributed by atoms with E-state index >= 15 is 0 Å². The molecule has 1 aromatic heterocycles. The van der Waals surface area contributed by atoms with Crippen LogP contribution in [-0.4, -0.2) is 23.7 Å². The number of carbonyl (C=O) groups excluding carboxylic acids is 1. The van der Waals surface area contributed by atoms with Crippen LogP contribution in [0.3, 0.4) is 0 Å². The van der Waals surface area contributed by atoms with Crippen LogP contribution < -0.4 is 20.3 Å². The Bertz CT molecular complexity index is 873. The largest absolute Gasteiger partial charge is 0.494 e. The number of fused-ring (bicyclic) bond motifs is 1. The summed E-state index contributed by atoms with van der Waals surface area (Å²) in [4.78, 5) is 25.4. The lowest BCUT2D eigenvalue weighted by Gasteiger charge is -2.23. The maximum absolute atomic E-state index is 13.0.